The van der Waals surface area contributed by atoms with Gasteiger partial charge >= 0.3 is 0 Å². The highest BCUT2D eigenvalue weighted by Crippen LogP contribution is 2.16. The van der Waals surface area contributed by atoms with Crippen LogP contribution in [-0.2, 0) is 4.79 Å². The highest BCUT2D eigenvalue weighted by molar-refractivity contribution is 5.97. The van der Waals surface area contributed by atoms with E-state index in [9.17, 15) is 9.59 Å². The molecule has 0 bridgehead atoms. The third-order valence-corrected chi connectivity index (χ3v) is 4.42. The van der Waals surface area contributed by atoms with E-state index >= 15 is 0 Å². The number of hydrogen-bond donors (Lipinski definition) is 2. The van der Waals surface area contributed by atoms with Crippen molar-refractivity contribution in [2.24, 2.45) is 0 Å². The Morgan fingerprint density at radius 2 is 1.77 bits per heavy atom. The Kier molecular flexibility index (Phi) is 4.73. The quantitative estimate of drug-likeness (QED) is 0.897. The zero-order valence-corrected chi connectivity index (χ0v) is 12.8. The van der Waals surface area contributed by atoms with E-state index in [1.165, 1.54) is 0 Å². The molecule has 2 amide bonds. The zero-order chi connectivity index (χ0) is 15.4. The highest BCUT2D eigenvalue weighted by Gasteiger charge is 2.21. The van der Waals surface area contributed by atoms with Gasteiger partial charge in [-0.3, -0.25) is 9.59 Å². The molecule has 2 aliphatic heterocycles. The number of benzene rings is 1. The number of likely N-dealkylation sites (tertiary alicyclic amines) is 1. The summed E-state index contributed by atoms with van der Waals surface area (Å²) in [6.45, 7) is 2.61. The fourth-order valence-electron chi connectivity index (χ4n) is 3.10. The van der Waals surface area contributed by atoms with Crippen LogP contribution in [0, 0.1) is 0 Å². The topological polar surface area (TPSA) is 61.4 Å². The fourth-order valence-corrected chi connectivity index (χ4v) is 3.10. The smallest absolute Gasteiger partial charge is 0.253 e. The van der Waals surface area contributed by atoms with Gasteiger partial charge in [0.05, 0.1) is 6.04 Å². The van der Waals surface area contributed by atoms with Crippen LogP contribution in [0.15, 0.2) is 24.3 Å². The third kappa shape index (κ3) is 3.47. The van der Waals surface area contributed by atoms with E-state index in [1.54, 1.807) is 12.1 Å². The van der Waals surface area contributed by atoms with E-state index in [0.29, 0.717) is 5.56 Å². The van der Waals surface area contributed by atoms with Crippen LogP contribution < -0.4 is 10.6 Å². The summed E-state index contributed by atoms with van der Waals surface area (Å²) in [5.74, 6) is 0.0997. The number of rotatable bonds is 3. The SMILES string of the molecule is O=C(Nc1ccc(C(=O)N2CCCC2)cc1)[C@@H]1CCCCN1. The number of piperidine rings is 1. The molecule has 0 saturated carbocycles. The van der Waals surface area contributed by atoms with Gasteiger partial charge in [0.2, 0.25) is 5.91 Å². The molecule has 1 aromatic rings. The van der Waals surface area contributed by atoms with Crippen molar-refractivity contribution in [1.82, 2.24) is 10.2 Å². The third-order valence-electron chi connectivity index (χ3n) is 4.42. The molecular weight excluding hydrogens is 278 g/mol. The lowest BCUT2D eigenvalue weighted by atomic mass is 10.0. The molecule has 1 aromatic carbocycles. The van der Waals surface area contributed by atoms with Crippen molar-refractivity contribution in [3.05, 3.63) is 29.8 Å². The van der Waals surface area contributed by atoms with Crippen LogP contribution in [0.4, 0.5) is 5.69 Å². The Morgan fingerprint density at radius 3 is 2.41 bits per heavy atom. The standard InChI is InChI=1S/C17H23N3O2/c21-16(15-5-1-2-10-18-15)19-14-8-6-13(7-9-14)17(22)20-11-3-4-12-20/h6-9,15,18H,1-5,10-12H2,(H,19,21)/t15-/m0/s1. The minimum absolute atomic E-state index is 0.0123. The van der Waals surface area contributed by atoms with Crippen LogP contribution in [0.2, 0.25) is 0 Å². The normalized spacial score (nSPS) is 21.6. The van der Waals surface area contributed by atoms with Crippen molar-refractivity contribution in [3.63, 3.8) is 0 Å². The molecule has 2 aliphatic rings. The first kappa shape index (κ1) is 15.0. The lowest BCUT2D eigenvalue weighted by molar-refractivity contribution is -0.118. The minimum atomic E-state index is -0.0975. The van der Waals surface area contributed by atoms with Gasteiger partial charge in [0, 0.05) is 24.3 Å². The van der Waals surface area contributed by atoms with Crippen LogP contribution in [0.25, 0.3) is 0 Å². The predicted molar refractivity (Wildman–Crippen MR) is 85.9 cm³/mol. The molecule has 22 heavy (non-hydrogen) atoms. The Bertz CT molecular complexity index is 529. The van der Waals surface area contributed by atoms with Crippen molar-refractivity contribution in [2.45, 2.75) is 38.1 Å². The van der Waals surface area contributed by atoms with E-state index in [0.717, 1.165) is 57.4 Å². The largest absolute Gasteiger partial charge is 0.339 e. The number of nitrogens with one attached hydrogen (secondary N) is 2. The maximum absolute atomic E-state index is 12.3. The zero-order valence-electron chi connectivity index (χ0n) is 12.8. The van der Waals surface area contributed by atoms with Gasteiger partial charge in [0.25, 0.3) is 5.91 Å². The maximum Gasteiger partial charge on any atom is 0.253 e. The number of amides is 2. The molecule has 0 unspecified atom stereocenters. The van der Waals surface area contributed by atoms with Crippen molar-refractivity contribution >= 4 is 17.5 Å². The van der Waals surface area contributed by atoms with Gasteiger partial charge in [0.1, 0.15) is 0 Å². The molecule has 1 atom stereocenters. The Morgan fingerprint density at radius 1 is 1.05 bits per heavy atom. The molecule has 0 aromatic heterocycles. The van der Waals surface area contributed by atoms with Crippen LogP contribution in [0.1, 0.15) is 42.5 Å². The second-order valence-electron chi connectivity index (χ2n) is 6.07. The van der Waals surface area contributed by atoms with E-state index in [1.807, 2.05) is 17.0 Å². The Hall–Kier alpha value is -1.88. The summed E-state index contributed by atoms with van der Waals surface area (Å²) in [7, 11) is 0. The predicted octanol–water partition coefficient (Wildman–Crippen LogP) is 2.00. The molecule has 2 N–H and O–H groups in total. The molecule has 5 nitrogen and oxygen atoms in total. The monoisotopic (exact) mass is 301 g/mol. The fraction of sp³-hybridized carbons (Fsp3) is 0.529. The second-order valence-corrected chi connectivity index (χ2v) is 6.07. The van der Waals surface area contributed by atoms with Crippen molar-refractivity contribution in [1.29, 1.82) is 0 Å². The lowest BCUT2D eigenvalue weighted by Gasteiger charge is -2.22. The molecule has 3 rings (SSSR count). The van der Waals surface area contributed by atoms with Crippen LogP contribution >= 0.6 is 0 Å². The summed E-state index contributed by atoms with van der Waals surface area (Å²) < 4.78 is 0. The number of nitrogens with zero attached hydrogens (tertiary/aromatic N) is 1. The maximum atomic E-state index is 12.3. The summed E-state index contributed by atoms with van der Waals surface area (Å²) in [5, 5.41) is 6.15. The molecule has 0 spiro atoms. The summed E-state index contributed by atoms with van der Waals surface area (Å²) in [6.07, 6.45) is 5.30. The molecular formula is C17H23N3O2. The van der Waals surface area contributed by atoms with E-state index in [-0.39, 0.29) is 17.9 Å². The summed E-state index contributed by atoms with van der Waals surface area (Å²) >= 11 is 0. The average molecular weight is 301 g/mol. The highest BCUT2D eigenvalue weighted by atomic mass is 16.2. The molecule has 0 radical (unpaired) electrons. The molecule has 118 valence electrons. The van der Waals surface area contributed by atoms with Gasteiger partial charge in [-0.25, -0.2) is 0 Å². The van der Waals surface area contributed by atoms with Crippen molar-refractivity contribution in [2.75, 3.05) is 25.0 Å². The first-order valence-electron chi connectivity index (χ1n) is 8.17. The van der Waals surface area contributed by atoms with Gasteiger partial charge in [0.15, 0.2) is 0 Å². The van der Waals surface area contributed by atoms with Gasteiger partial charge in [-0.2, -0.15) is 0 Å². The van der Waals surface area contributed by atoms with Gasteiger partial charge in [-0.15, -0.1) is 0 Å². The first-order valence-corrected chi connectivity index (χ1v) is 8.17. The summed E-state index contributed by atoms with van der Waals surface area (Å²) in [6, 6.07) is 7.11. The van der Waals surface area contributed by atoms with Gasteiger partial charge in [-0.1, -0.05) is 6.42 Å². The van der Waals surface area contributed by atoms with Crippen LogP contribution in [0.3, 0.4) is 0 Å². The van der Waals surface area contributed by atoms with E-state index in [4.69, 9.17) is 0 Å². The van der Waals surface area contributed by atoms with E-state index < -0.39 is 0 Å². The molecule has 2 heterocycles. The second kappa shape index (κ2) is 6.92. The van der Waals surface area contributed by atoms with Gasteiger partial charge in [-0.05, 0) is 56.5 Å². The number of carbonyl (C=O) groups excluding carboxylic acids is 2. The lowest BCUT2D eigenvalue weighted by Crippen LogP contribution is -2.43. The first-order chi connectivity index (χ1) is 10.7. The van der Waals surface area contributed by atoms with Crippen LogP contribution in [-0.4, -0.2) is 42.4 Å². The number of hydrogen-bond acceptors (Lipinski definition) is 3. The van der Waals surface area contributed by atoms with Crippen molar-refractivity contribution in [3.8, 4) is 0 Å². The average Bonchev–Trinajstić information content (AvgIpc) is 3.10. The number of anilines is 1. The summed E-state index contributed by atoms with van der Waals surface area (Å²) in [5.41, 5.74) is 1.44. The van der Waals surface area contributed by atoms with Crippen LogP contribution in [0.5, 0.6) is 0 Å². The van der Waals surface area contributed by atoms with Crippen molar-refractivity contribution < 1.29 is 9.59 Å². The Balaban J connectivity index is 1.58. The minimum Gasteiger partial charge on any atom is -0.339 e. The molecule has 0 aliphatic carbocycles. The van der Waals surface area contributed by atoms with Gasteiger partial charge < -0.3 is 15.5 Å². The molecule has 5 heteroatoms. The molecule has 2 fully saturated rings. The van der Waals surface area contributed by atoms with E-state index in [2.05, 4.69) is 10.6 Å². The number of carbonyl (C=O) groups is 2. The summed E-state index contributed by atoms with van der Waals surface area (Å²) in [4.78, 5) is 26.3. The molecule has 2 saturated heterocycles. The Labute approximate surface area is 131 Å².